The standard InChI is InChI=1S/C13H9ClN2O2/c14-8-5-6-15-11(7-8)13(18)9-3-1-2-4-10(9)16-12(13)17/h1-7,18H,(H,16,17). The van der Waals surface area contributed by atoms with Crippen LogP contribution in [-0.4, -0.2) is 16.0 Å². The number of aromatic nitrogens is 1. The molecule has 1 aromatic carbocycles. The molecule has 1 unspecified atom stereocenters. The minimum atomic E-state index is -1.78. The molecule has 18 heavy (non-hydrogen) atoms. The van der Waals surface area contributed by atoms with E-state index in [9.17, 15) is 9.90 Å². The number of hydrogen-bond acceptors (Lipinski definition) is 3. The number of benzene rings is 1. The number of carbonyl (C=O) groups is 1. The Morgan fingerprint density at radius 2 is 2.06 bits per heavy atom. The summed E-state index contributed by atoms with van der Waals surface area (Å²) in [5, 5.41) is 13.7. The van der Waals surface area contributed by atoms with E-state index in [1.165, 1.54) is 12.3 Å². The lowest BCUT2D eigenvalue weighted by atomic mass is 9.91. The fraction of sp³-hybridized carbons (Fsp3) is 0.0769. The van der Waals surface area contributed by atoms with Crippen LogP contribution in [0.15, 0.2) is 42.6 Å². The van der Waals surface area contributed by atoms with Crippen LogP contribution in [0.1, 0.15) is 11.3 Å². The molecule has 1 amide bonds. The van der Waals surface area contributed by atoms with E-state index in [0.29, 0.717) is 16.3 Å². The van der Waals surface area contributed by atoms with Crippen molar-refractivity contribution >= 4 is 23.2 Å². The normalized spacial score (nSPS) is 21.6. The minimum absolute atomic E-state index is 0.220. The summed E-state index contributed by atoms with van der Waals surface area (Å²) < 4.78 is 0. The molecule has 1 atom stereocenters. The average Bonchev–Trinajstić information content (AvgIpc) is 2.63. The van der Waals surface area contributed by atoms with Crippen molar-refractivity contribution in [3.8, 4) is 0 Å². The fourth-order valence-electron chi connectivity index (χ4n) is 2.10. The van der Waals surface area contributed by atoms with Crippen molar-refractivity contribution in [2.24, 2.45) is 0 Å². The van der Waals surface area contributed by atoms with Gasteiger partial charge in [-0.3, -0.25) is 9.78 Å². The van der Waals surface area contributed by atoms with Crippen LogP contribution in [0.4, 0.5) is 5.69 Å². The Balaban J connectivity index is 2.23. The Morgan fingerprint density at radius 3 is 2.83 bits per heavy atom. The second kappa shape index (κ2) is 3.80. The third-order valence-corrected chi connectivity index (χ3v) is 3.22. The number of fused-ring (bicyclic) bond motifs is 1. The average molecular weight is 261 g/mol. The number of amides is 1. The van der Waals surface area contributed by atoms with Gasteiger partial charge < -0.3 is 10.4 Å². The first-order chi connectivity index (χ1) is 8.62. The maximum absolute atomic E-state index is 12.0. The minimum Gasteiger partial charge on any atom is -0.370 e. The van der Waals surface area contributed by atoms with Crippen molar-refractivity contribution in [3.63, 3.8) is 0 Å². The van der Waals surface area contributed by atoms with Crippen LogP contribution in [0.3, 0.4) is 0 Å². The van der Waals surface area contributed by atoms with Gasteiger partial charge in [-0.2, -0.15) is 0 Å². The highest BCUT2D eigenvalue weighted by Gasteiger charge is 2.47. The number of hydrogen-bond donors (Lipinski definition) is 2. The second-order valence-electron chi connectivity index (χ2n) is 4.07. The molecule has 0 saturated heterocycles. The molecule has 1 aliphatic heterocycles. The maximum atomic E-state index is 12.0. The number of carbonyl (C=O) groups excluding carboxylic acids is 1. The van der Waals surface area contributed by atoms with Gasteiger partial charge in [-0.15, -0.1) is 0 Å². The highest BCUT2D eigenvalue weighted by Crippen LogP contribution is 2.40. The maximum Gasteiger partial charge on any atom is 0.267 e. The third-order valence-electron chi connectivity index (χ3n) is 2.99. The number of halogens is 1. The van der Waals surface area contributed by atoms with Gasteiger partial charge in [-0.1, -0.05) is 29.8 Å². The largest absolute Gasteiger partial charge is 0.370 e. The van der Waals surface area contributed by atoms with E-state index < -0.39 is 11.5 Å². The van der Waals surface area contributed by atoms with Crippen molar-refractivity contribution in [2.75, 3.05) is 5.32 Å². The first-order valence-electron chi connectivity index (χ1n) is 5.38. The van der Waals surface area contributed by atoms with Crippen LogP contribution in [0.5, 0.6) is 0 Å². The molecule has 1 aliphatic rings. The zero-order chi connectivity index (χ0) is 12.8. The summed E-state index contributed by atoms with van der Waals surface area (Å²) in [6, 6.07) is 10.0. The van der Waals surface area contributed by atoms with E-state index >= 15 is 0 Å². The summed E-state index contributed by atoms with van der Waals surface area (Å²) in [5.41, 5.74) is -0.476. The molecule has 0 saturated carbocycles. The Labute approximate surface area is 108 Å². The van der Waals surface area contributed by atoms with Crippen molar-refractivity contribution in [2.45, 2.75) is 5.60 Å². The van der Waals surface area contributed by atoms with Gasteiger partial charge in [0.15, 0.2) is 0 Å². The molecule has 5 heteroatoms. The molecule has 2 aromatic rings. The Bertz CT molecular complexity index is 644. The van der Waals surface area contributed by atoms with Gasteiger partial charge in [0.25, 0.3) is 5.91 Å². The molecular formula is C13H9ClN2O2. The fourth-order valence-corrected chi connectivity index (χ4v) is 2.26. The molecule has 2 heterocycles. The number of para-hydroxylation sites is 1. The Morgan fingerprint density at radius 1 is 1.28 bits per heavy atom. The van der Waals surface area contributed by atoms with Crippen molar-refractivity contribution in [1.29, 1.82) is 0 Å². The van der Waals surface area contributed by atoms with Crippen LogP contribution in [0.25, 0.3) is 0 Å². The number of aliphatic hydroxyl groups is 1. The number of nitrogens with one attached hydrogen (secondary N) is 1. The number of anilines is 1. The predicted molar refractivity (Wildman–Crippen MR) is 67.3 cm³/mol. The molecule has 4 nitrogen and oxygen atoms in total. The summed E-state index contributed by atoms with van der Waals surface area (Å²) in [6.07, 6.45) is 1.46. The molecule has 0 aliphatic carbocycles. The molecule has 0 fully saturated rings. The van der Waals surface area contributed by atoms with E-state index in [1.807, 2.05) is 0 Å². The van der Waals surface area contributed by atoms with Gasteiger partial charge in [-0.05, 0) is 18.2 Å². The van der Waals surface area contributed by atoms with Gasteiger partial charge in [0, 0.05) is 22.5 Å². The van der Waals surface area contributed by atoms with Gasteiger partial charge in [-0.25, -0.2) is 0 Å². The van der Waals surface area contributed by atoms with Crippen LogP contribution in [-0.2, 0) is 10.4 Å². The molecule has 0 radical (unpaired) electrons. The molecule has 0 bridgehead atoms. The van der Waals surface area contributed by atoms with Crippen LogP contribution >= 0.6 is 11.6 Å². The molecule has 3 rings (SSSR count). The predicted octanol–water partition coefficient (Wildman–Crippen LogP) is 1.92. The van der Waals surface area contributed by atoms with Crippen LogP contribution in [0.2, 0.25) is 5.02 Å². The second-order valence-corrected chi connectivity index (χ2v) is 4.51. The lowest BCUT2D eigenvalue weighted by Crippen LogP contribution is -2.36. The summed E-state index contributed by atoms with van der Waals surface area (Å²) >= 11 is 5.88. The zero-order valence-electron chi connectivity index (χ0n) is 9.22. The Kier molecular flexibility index (Phi) is 2.36. The molecule has 90 valence electrons. The topological polar surface area (TPSA) is 62.2 Å². The molecule has 2 N–H and O–H groups in total. The van der Waals surface area contributed by atoms with E-state index in [-0.39, 0.29) is 5.69 Å². The zero-order valence-corrected chi connectivity index (χ0v) is 9.98. The highest BCUT2D eigenvalue weighted by atomic mass is 35.5. The number of nitrogens with zero attached hydrogens (tertiary/aromatic N) is 1. The lowest BCUT2D eigenvalue weighted by molar-refractivity contribution is -0.130. The van der Waals surface area contributed by atoms with E-state index in [4.69, 9.17) is 11.6 Å². The van der Waals surface area contributed by atoms with E-state index in [1.54, 1.807) is 30.3 Å². The summed E-state index contributed by atoms with van der Waals surface area (Å²) in [6.45, 7) is 0. The van der Waals surface area contributed by atoms with Gasteiger partial charge in [0.05, 0.1) is 5.69 Å². The van der Waals surface area contributed by atoms with Crippen molar-refractivity contribution in [1.82, 2.24) is 4.98 Å². The third kappa shape index (κ3) is 1.43. The first-order valence-corrected chi connectivity index (χ1v) is 5.75. The lowest BCUT2D eigenvalue weighted by Gasteiger charge is -2.20. The summed E-state index contributed by atoms with van der Waals surface area (Å²) in [5.74, 6) is -0.515. The Hall–Kier alpha value is -1.91. The number of rotatable bonds is 1. The summed E-state index contributed by atoms with van der Waals surface area (Å²) in [4.78, 5) is 16.1. The quantitative estimate of drug-likeness (QED) is 0.824. The van der Waals surface area contributed by atoms with E-state index in [2.05, 4.69) is 10.3 Å². The van der Waals surface area contributed by atoms with Crippen LogP contribution in [0, 0.1) is 0 Å². The monoisotopic (exact) mass is 260 g/mol. The molecule has 1 aromatic heterocycles. The molecule has 0 spiro atoms. The molecular weight excluding hydrogens is 252 g/mol. The van der Waals surface area contributed by atoms with Crippen LogP contribution < -0.4 is 5.32 Å². The van der Waals surface area contributed by atoms with E-state index in [0.717, 1.165) is 0 Å². The smallest absolute Gasteiger partial charge is 0.267 e. The number of pyridine rings is 1. The van der Waals surface area contributed by atoms with Gasteiger partial charge in [0.1, 0.15) is 0 Å². The van der Waals surface area contributed by atoms with Gasteiger partial charge >= 0.3 is 0 Å². The highest BCUT2D eigenvalue weighted by molar-refractivity contribution is 6.30. The first kappa shape index (κ1) is 11.2. The van der Waals surface area contributed by atoms with Crippen molar-refractivity contribution < 1.29 is 9.90 Å². The SMILES string of the molecule is O=C1Nc2ccccc2C1(O)c1cc(Cl)ccn1. The van der Waals surface area contributed by atoms with Crippen molar-refractivity contribution in [3.05, 3.63) is 58.9 Å². The van der Waals surface area contributed by atoms with Gasteiger partial charge in [0.2, 0.25) is 5.60 Å². The summed E-state index contributed by atoms with van der Waals surface area (Å²) in [7, 11) is 0.